The van der Waals surface area contributed by atoms with Gasteiger partial charge >= 0.3 is 13.9 Å². The molecule has 1 fully saturated rings. The smallest absolute Gasteiger partial charge is 0.384 e. The molecule has 1 aliphatic rings. The van der Waals surface area contributed by atoms with Crippen LogP contribution in [0.3, 0.4) is 0 Å². The molecular weight excluding hydrogens is 398 g/mol. The van der Waals surface area contributed by atoms with Gasteiger partial charge in [0.15, 0.2) is 18.6 Å². The fraction of sp³-hybridized carbons (Fsp3) is 0.375. The summed E-state index contributed by atoms with van der Waals surface area (Å²) in [6.07, 6.45) is -2.86. The molecule has 0 radical (unpaired) electrons. The summed E-state index contributed by atoms with van der Waals surface area (Å²) in [5.41, 5.74) is -3.95. The molecule has 2 aromatic rings. The van der Waals surface area contributed by atoms with Crippen molar-refractivity contribution >= 4 is 8.25 Å². The Morgan fingerprint density at radius 3 is 2.64 bits per heavy atom. The predicted molar refractivity (Wildman–Crippen MR) is 92.5 cm³/mol. The van der Waals surface area contributed by atoms with Crippen LogP contribution in [0.25, 0.3) is 0 Å². The highest BCUT2D eigenvalue weighted by atomic mass is 31.1. The van der Waals surface area contributed by atoms with Crippen molar-refractivity contribution in [3.63, 3.8) is 0 Å². The molecule has 1 aliphatic heterocycles. The molecular formula is C16H17FN2O8P+. The lowest BCUT2D eigenvalue weighted by atomic mass is 9.95. The Morgan fingerprint density at radius 1 is 1.32 bits per heavy atom. The van der Waals surface area contributed by atoms with Gasteiger partial charge in [-0.05, 0) is 19.1 Å². The summed E-state index contributed by atoms with van der Waals surface area (Å²) in [7, 11) is -2.81. The van der Waals surface area contributed by atoms with Crippen LogP contribution in [0.1, 0.15) is 13.2 Å². The van der Waals surface area contributed by atoms with Crippen LogP contribution in [0.5, 0.6) is 5.75 Å². The number of H-pyrrole nitrogens is 1. The molecule has 1 aromatic carbocycles. The van der Waals surface area contributed by atoms with E-state index in [1.165, 1.54) is 12.1 Å². The molecule has 0 spiro atoms. The fourth-order valence-electron chi connectivity index (χ4n) is 2.74. The third-order valence-electron chi connectivity index (χ3n) is 4.16. The zero-order valence-electron chi connectivity index (χ0n) is 14.5. The number of benzene rings is 1. The van der Waals surface area contributed by atoms with Crippen LogP contribution in [-0.2, 0) is 13.8 Å². The van der Waals surface area contributed by atoms with Crippen molar-refractivity contribution in [2.45, 2.75) is 30.7 Å². The number of nitrogens with zero attached hydrogens (tertiary/aromatic N) is 1. The molecule has 2 heterocycles. The van der Waals surface area contributed by atoms with Gasteiger partial charge in [-0.15, -0.1) is 4.52 Å². The van der Waals surface area contributed by atoms with Crippen molar-refractivity contribution in [1.29, 1.82) is 0 Å². The van der Waals surface area contributed by atoms with Crippen LogP contribution >= 0.6 is 8.25 Å². The highest BCUT2D eigenvalue weighted by Gasteiger charge is 2.64. The molecule has 3 rings (SSSR count). The third kappa shape index (κ3) is 3.89. The number of rotatable bonds is 6. The Labute approximate surface area is 158 Å². The van der Waals surface area contributed by atoms with Gasteiger partial charge in [0.25, 0.3) is 11.4 Å². The minimum Gasteiger partial charge on any atom is -0.384 e. The second-order valence-electron chi connectivity index (χ2n) is 6.30. The van der Waals surface area contributed by atoms with Crippen LogP contribution in [0.15, 0.2) is 52.2 Å². The van der Waals surface area contributed by atoms with Gasteiger partial charge in [0.1, 0.15) is 11.7 Å². The second kappa shape index (κ2) is 7.53. The first-order valence-electron chi connectivity index (χ1n) is 8.05. The predicted octanol–water partition coefficient (Wildman–Crippen LogP) is 0.596. The Hall–Kier alpha value is -2.43. The standard InChI is InChI=1S/C16H16FN2O8P/c1-15(23)12(21)16(17,9-25-28(24)27-10-5-3-2-4-6-10)26-13(15)19-8-7-11(20)18-14(19)22/h2-8,12-13,21,23H,9H2,1H3/p+1/t12?,13-,15-,16-/m1/s1. The van der Waals surface area contributed by atoms with E-state index in [0.717, 1.165) is 19.2 Å². The maximum atomic E-state index is 15.1. The van der Waals surface area contributed by atoms with E-state index in [0.29, 0.717) is 4.57 Å². The zero-order chi connectivity index (χ0) is 20.5. The van der Waals surface area contributed by atoms with Crippen LogP contribution in [0.4, 0.5) is 4.39 Å². The summed E-state index contributed by atoms with van der Waals surface area (Å²) in [6.45, 7) is -0.0113. The van der Waals surface area contributed by atoms with E-state index in [1.807, 2.05) is 4.98 Å². The average Bonchev–Trinajstić information content (AvgIpc) is 2.82. The lowest BCUT2D eigenvalue weighted by Crippen LogP contribution is -2.49. The molecule has 0 aliphatic carbocycles. The van der Waals surface area contributed by atoms with E-state index in [9.17, 15) is 24.4 Å². The Morgan fingerprint density at radius 2 is 2.00 bits per heavy atom. The minimum absolute atomic E-state index is 0.217. The Bertz CT molecular complexity index is 978. The molecule has 3 N–H and O–H groups in total. The molecule has 10 nitrogen and oxygen atoms in total. The molecule has 0 bridgehead atoms. The summed E-state index contributed by atoms with van der Waals surface area (Å²) >= 11 is 0. The SMILES string of the molecule is C[C@@]1(O)C(O)[C@@](F)(CO[P+](=O)Oc2ccccc2)O[C@H]1n1ccc(=O)[nH]c1=O. The first-order chi connectivity index (χ1) is 13.1. The molecule has 5 atom stereocenters. The van der Waals surface area contributed by atoms with Crippen molar-refractivity contribution in [2.75, 3.05) is 6.61 Å². The number of halogens is 1. The van der Waals surface area contributed by atoms with Gasteiger partial charge in [0, 0.05) is 16.8 Å². The summed E-state index contributed by atoms with van der Waals surface area (Å²) in [4.78, 5) is 25.0. The number of aromatic amines is 1. The van der Waals surface area contributed by atoms with E-state index >= 15 is 4.39 Å². The van der Waals surface area contributed by atoms with Gasteiger partial charge in [-0.2, -0.15) is 0 Å². The quantitative estimate of drug-likeness (QED) is 0.583. The van der Waals surface area contributed by atoms with Gasteiger partial charge in [0.05, 0.1) is 0 Å². The number of nitrogens with one attached hydrogen (secondary N) is 1. The summed E-state index contributed by atoms with van der Waals surface area (Å²) in [5.74, 6) is -2.79. The van der Waals surface area contributed by atoms with E-state index in [2.05, 4.69) is 0 Å². The van der Waals surface area contributed by atoms with Crippen molar-refractivity contribution in [3.05, 3.63) is 63.4 Å². The first-order valence-corrected chi connectivity index (χ1v) is 9.15. The highest BCUT2D eigenvalue weighted by molar-refractivity contribution is 7.33. The monoisotopic (exact) mass is 415 g/mol. The number of para-hydroxylation sites is 1. The summed E-state index contributed by atoms with van der Waals surface area (Å²) < 4.78 is 42.5. The molecule has 150 valence electrons. The molecule has 0 saturated carbocycles. The lowest BCUT2D eigenvalue weighted by Gasteiger charge is -2.27. The summed E-state index contributed by atoms with van der Waals surface area (Å²) in [6, 6.07) is 8.94. The number of hydrogen-bond acceptors (Lipinski definition) is 8. The third-order valence-corrected chi connectivity index (χ3v) is 4.86. The highest BCUT2D eigenvalue weighted by Crippen LogP contribution is 2.45. The van der Waals surface area contributed by atoms with Crippen molar-refractivity contribution in [3.8, 4) is 5.75 Å². The lowest BCUT2D eigenvalue weighted by molar-refractivity contribution is -0.203. The van der Waals surface area contributed by atoms with Crippen molar-refractivity contribution in [2.24, 2.45) is 0 Å². The number of aromatic nitrogens is 2. The normalized spacial score (nSPS) is 30.2. The van der Waals surface area contributed by atoms with E-state index in [-0.39, 0.29) is 5.75 Å². The fourth-order valence-corrected chi connectivity index (χ4v) is 3.37. The molecule has 1 aromatic heterocycles. The average molecular weight is 415 g/mol. The largest absolute Gasteiger partial charge is 0.750 e. The maximum absolute atomic E-state index is 15.1. The van der Waals surface area contributed by atoms with E-state index < -0.39 is 49.9 Å². The van der Waals surface area contributed by atoms with Crippen molar-refractivity contribution in [1.82, 2.24) is 9.55 Å². The number of ether oxygens (including phenoxy) is 1. The van der Waals surface area contributed by atoms with Gasteiger partial charge in [-0.25, -0.2) is 13.7 Å². The number of aliphatic hydroxyl groups is 2. The van der Waals surface area contributed by atoms with Crippen LogP contribution < -0.4 is 15.8 Å². The van der Waals surface area contributed by atoms with Crippen molar-refractivity contribution < 1.29 is 33.0 Å². The number of alkyl halides is 1. The number of hydrogen-bond donors (Lipinski definition) is 3. The van der Waals surface area contributed by atoms with Crippen LogP contribution in [-0.4, -0.2) is 43.9 Å². The van der Waals surface area contributed by atoms with E-state index in [4.69, 9.17) is 13.8 Å². The molecule has 2 unspecified atom stereocenters. The van der Waals surface area contributed by atoms with Crippen LogP contribution in [0.2, 0.25) is 0 Å². The van der Waals surface area contributed by atoms with E-state index in [1.54, 1.807) is 18.2 Å². The van der Waals surface area contributed by atoms with Gasteiger partial charge in [-0.1, -0.05) is 18.2 Å². The minimum atomic E-state index is -3.01. The molecule has 28 heavy (non-hydrogen) atoms. The zero-order valence-corrected chi connectivity index (χ0v) is 15.4. The van der Waals surface area contributed by atoms with Gasteiger partial charge in [-0.3, -0.25) is 14.3 Å². The Balaban J connectivity index is 1.75. The summed E-state index contributed by atoms with van der Waals surface area (Å²) in [5, 5.41) is 20.7. The maximum Gasteiger partial charge on any atom is 0.750 e. The van der Waals surface area contributed by atoms with Gasteiger partial charge in [0.2, 0.25) is 0 Å². The van der Waals surface area contributed by atoms with Gasteiger partial charge < -0.3 is 14.9 Å². The topological polar surface area (TPSA) is 140 Å². The second-order valence-corrected chi connectivity index (χ2v) is 7.19. The Kier molecular flexibility index (Phi) is 5.46. The molecule has 12 heteroatoms. The molecule has 0 amide bonds. The number of aliphatic hydroxyl groups excluding tert-OH is 1. The molecule has 1 saturated heterocycles. The van der Waals surface area contributed by atoms with Crippen LogP contribution in [0, 0.1) is 0 Å². The first kappa shape index (κ1) is 20.3.